The van der Waals surface area contributed by atoms with Crippen molar-refractivity contribution >= 4 is 22.9 Å². The van der Waals surface area contributed by atoms with Crippen LogP contribution in [-0.4, -0.2) is 27.2 Å². The van der Waals surface area contributed by atoms with Crippen molar-refractivity contribution in [3.8, 4) is 0 Å². The Hall–Kier alpha value is -1.73. The molecule has 0 spiro atoms. The molecular formula is C12H17N5OS. The van der Waals surface area contributed by atoms with E-state index in [0.717, 1.165) is 22.8 Å². The molecule has 0 unspecified atom stereocenters. The number of anilines is 1. The van der Waals surface area contributed by atoms with Crippen molar-refractivity contribution in [3.63, 3.8) is 0 Å². The van der Waals surface area contributed by atoms with Crippen LogP contribution < -0.4 is 11.1 Å². The maximum atomic E-state index is 12.1. The van der Waals surface area contributed by atoms with Crippen LogP contribution in [0.15, 0.2) is 11.6 Å². The number of rotatable bonds is 5. The van der Waals surface area contributed by atoms with E-state index in [-0.39, 0.29) is 5.91 Å². The Morgan fingerprint density at radius 1 is 1.58 bits per heavy atom. The molecule has 0 saturated heterocycles. The minimum Gasteiger partial charge on any atom is -0.330 e. The van der Waals surface area contributed by atoms with Crippen LogP contribution in [0.25, 0.3) is 0 Å². The van der Waals surface area contributed by atoms with Gasteiger partial charge in [-0.15, -0.1) is 11.3 Å². The molecule has 0 aliphatic carbocycles. The number of hydrogen-bond acceptors (Lipinski definition) is 5. The molecule has 6 nitrogen and oxygen atoms in total. The second-order valence-electron chi connectivity index (χ2n) is 4.14. The third-order valence-corrected chi connectivity index (χ3v) is 3.54. The van der Waals surface area contributed by atoms with Gasteiger partial charge in [-0.1, -0.05) is 6.92 Å². The maximum absolute atomic E-state index is 12.1. The zero-order chi connectivity index (χ0) is 13.8. The second kappa shape index (κ2) is 5.94. The van der Waals surface area contributed by atoms with Gasteiger partial charge in [-0.3, -0.25) is 9.48 Å². The van der Waals surface area contributed by atoms with E-state index in [1.807, 2.05) is 14.0 Å². The zero-order valence-electron chi connectivity index (χ0n) is 11.0. The number of nitrogens with two attached hydrogens (primary N) is 1. The average molecular weight is 279 g/mol. The molecule has 0 aliphatic heterocycles. The lowest BCUT2D eigenvalue weighted by molar-refractivity contribution is 0.102. The van der Waals surface area contributed by atoms with Crippen LogP contribution in [0.3, 0.4) is 0 Å². The molecular weight excluding hydrogens is 262 g/mol. The number of aryl methyl sites for hydroxylation is 2. The van der Waals surface area contributed by atoms with E-state index in [4.69, 9.17) is 5.73 Å². The first-order valence-corrected chi connectivity index (χ1v) is 7.00. The molecule has 0 atom stereocenters. The van der Waals surface area contributed by atoms with Gasteiger partial charge in [0.15, 0.2) is 0 Å². The Morgan fingerprint density at radius 2 is 2.37 bits per heavy atom. The van der Waals surface area contributed by atoms with E-state index < -0.39 is 0 Å². The number of amides is 1. The third-order valence-electron chi connectivity index (χ3n) is 2.63. The lowest BCUT2D eigenvalue weighted by Crippen LogP contribution is -2.13. The van der Waals surface area contributed by atoms with Gasteiger partial charge in [0.1, 0.15) is 5.69 Å². The minimum absolute atomic E-state index is 0.206. The van der Waals surface area contributed by atoms with Gasteiger partial charge in [-0.05, 0) is 13.0 Å². The number of nitrogens with zero attached hydrogens (tertiary/aromatic N) is 3. The summed E-state index contributed by atoms with van der Waals surface area (Å²) >= 11 is 1.46. The smallest absolute Gasteiger partial charge is 0.275 e. The summed E-state index contributed by atoms with van der Waals surface area (Å²) in [6.45, 7) is 2.54. The molecule has 2 rings (SSSR count). The van der Waals surface area contributed by atoms with E-state index in [1.54, 1.807) is 16.3 Å². The molecule has 0 saturated carbocycles. The Morgan fingerprint density at radius 3 is 3.05 bits per heavy atom. The molecule has 19 heavy (non-hydrogen) atoms. The van der Waals surface area contributed by atoms with Crippen LogP contribution in [0.1, 0.15) is 28.1 Å². The third kappa shape index (κ3) is 3.18. The van der Waals surface area contributed by atoms with E-state index in [2.05, 4.69) is 15.4 Å². The average Bonchev–Trinajstić information content (AvgIpc) is 2.96. The van der Waals surface area contributed by atoms with Crippen molar-refractivity contribution in [3.05, 3.63) is 28.0 Å². The predicted octanol–water partition coefficient (Wildman–Crippen LogP) is 1.19. The first-order chi connectivity index (χ1) is 9.13. The van der Waals surface area contributed by atoms with Crippen molar-refractivity contribution in [2.24, 2.45) is 12.8 Å². The highest BCUT2D eigenvalue weighted by molar-refractivity contribution is 7.09. The molecule has 102 valence electrons. The van der Waals surface area contributed by atoms with Gasteiger partial charge < -0.3 is 11.1 Å². The van der Waals surface area contributed by atoms with Crippen LogP contribution in [0.2, 0.25) is 0 Å². The van der Waals surface area contributed by atoms with Crippen molar-refractivity contribution in [2.45, 2.75) is 19.8 Å². The summed E-state index contributed by atoms with van der Waals surface area (Å²) < 4.78 is 1.69. The summed E-state index contributed by atoms with van der Waals surface area (Å²) in [5.74, 6) is -0.206. The van der Waals surface area contributed by atoms with Crippen molar-refractivity contribution in [2.75, 3.05) is 11.9 Å². The Kier molecular flexibility index (Phi) is 4.28. The van der Waals surface area contributed by atoms with Crippen LogP contribution >= 0.6 is 11.3 Å². The summed E-state index contributed by atoms with van der Waals surface area (Å²) in [6, 6.07) is 0. The van der Waals surface area contributed by atoms with Crippen LogP contribution in [0, 0.1) is 0 Å². The summed E-state index contributed by atoms with van der Waals surface area (Å²) in [7, 11) is 1.83. The summed E-state index contributed by atoms with van der Waals surface area (Å²) in [5.41, 5.74) is 7.50. The number of carbonyl (C=O) groups excluding carboxylic acids is 1. The first-order valence-electron chi connectivity index (χ1n) is 6.12. The summed E-state index contributed by atoms with van der Waals surface area (Å²) in [5, 5.41) is 9.76. The van der Waals surface area contributed by atoms with Crippen LogP contribution in [-0.2, 0) is 19.9 Å². The fourth-order valence-corrected chi connectivity index (χ4v) is 2.53. The Balaban J connectivity index is 2.11. The molecule has 0 fully saturated rings. The number of hydrogen-bond donors (Lipinski definition) is 2. The van der Waals surface area contributed by atoms with Gasteiger partial charge in [0.05, 0.1) is 16.4 Å². The van der Waals surface area contributed by atoms with E-state index in [1.165, 1.54) is 11.3 Å². The fraction of sp³-hybridized carbons (Fsp3) is 0.417. The number of aromatic nitrogens is 3. The molecule has 7 heteroatoms. The molecule has 2 aromatic rings. The first kappa shape index (κ1) is 13.7. The van der Waals surface area contributed by atoms with Crippen molar-refractivity contribution in [1.82, 2.24) is 14.8 Å². The molecule has 1 amide bonds. The van der Waals surface area contributed by atoms with E-state index in [9.17, 15) is 4.79 Å². The van der Waals surface area contributed by atoms with Gasteiger partial charge in [-0.25, -0.2) is 4.98 Å². The molecule has 2 aromatic heterocycles. The number of carbonyl (C=O) groups is 1. The van der Waals surface area contributed by atoms with Gasteiger partial charge in [0.2, 0.25) is 0 Å². The van der Waals surface area contributed by atoms with Gasteiger partial charge in [-0.2, -0.15) is 5.10 Å². The SMILES string of the molecule is CCc1nn(C)cc1NC(=O)c1csc(CCN)n1. The topological polar surface area (TPSA) is 85.8 Å². The van der Waals surface area contributed by atoms with Crippen molar-refractivity contribution in [1.29, 1.82) is 0 Å². The molecule has 0 aromatic carbocycles. The van der Waals surface area contributed by atoms with Crippen molar-refractivity contribution < 1.29 is 4.79 Å². The summed E-state index contributed by atoms with van der Waals surface area (Å²) in [6.07, 6.45) is 3.26. The molecule has 3 N–H and O–H groups in total. The monoisotopic (exact) mass is 279 g/mol. The van der Waals surface area contributed by atoms with Gasteiger partial charge in [0.25, 0.3) is 5.91 Å². The van der Waals surface area contributed by atoms with Gasteiger partial charge >= 0.3 is 0 Å². The lowest BCUT2D eigenvalue weighted by Gasteiger charge is -2.01. The zero-order valence-corrected chi connectivity index (χ0v) is 11.8. The highest BCUT2D eigenvalue weighted by Gasteiger charge is 2.14. The van der Waals surface area contributed by atoms with Crippen LogP contribution in [0.4, 0.5) is 5.69 Å². The largest absolute Gasteiger partial charge is 0.330 e. The lowest BCUT2D eigenvalue weighted by atomic mass is 10.3. The van der Waals surface area contributed by atoms with Crippen LogP contribution in [0.5, 0.6) is 0 Å². The Labute approximate surface area is 115 Å². The summed E-state index contributed by atoms with van der Waals surface area (Å²) in [4.78, 5) is 16.3. The number of thiazole rings is 1. The molecule has 2 heterocycles. The quantitative estimate of drug-likeness (QED) is 0.861. The fourth-order valence-electron chi connectivity index (χ4n) is 1.74. The van der Waals surface area contributed by atoms with Gasteiger partial charge in [0, 0.05) is 25.0 Å². The normalized spacial score (nSPS) is 10.7. The molecule has 0 bridgehead atoms. The second-order valence-corrected chi connectivity index (χ2v) is 5.08. The predicted molar refractivity (Wildman–Crippen MR) is 75.4 cm³/mol. The number of nitrogens with one attached hydrogen (secondary N) is 1. The van der Waals surface area contributed by atoms with E-state index in [0.29, 0.717) is 18.7 Å². The van der Waals surface area contributed by atoms with E-state index >= 15 is 0 Å². The Bertz CT molecular complexity index is 574. The molecule has 0 aliphatic rings. The highest BCUT2D eigenvalue weighted by Crippen LogP contribution is 2.16. The maximum Gasteiger partial charge on any atom is 0.275 e. The standard InChI is InChI=1S/C12H17N5OS/c1-3-8-9(6-17(2)16-8)15-12(18)10-7-19-11(14-10)4-5-13/h6-7H,3-5,13H2,1-2H3,(H,15,18). The molecule has 0 radical (unpaired) electrons. The highest BCUT2D eigenvalue weighted by atomic mass is 32.1. The minimum atomic E-state index is -0.206.